The van der Waals surface area contributed by atoms with Crippen LogP contribution in [0.1, 0.15) is 25.3 Å². The van der Waals surface area contributed by atoms with E-state index in [9.17, 15) is 0 Å². The topological polar surface area (TPSA) is 27.6 Å². The van der Waals surface area contributed by atoms with Crippen LogP contribution in [0.25, 0.3) is 6.08 Å². The summed E-state index contributed by atoms with van der Waals surface area (Å²) in [5.74, 6) is 3.51. The molecule has 0 unspecified atom stereocenters. The van der Waals surface area contributed by atoms with E-state index >= 15 is 0 Å². The molecule has 0 amide bonds. The maximum Gasteiger partial charge on any atom is 0.194 e. The summed E-state index contributed by atoms with van der Waals surface area (Å²) >= 11 is 0. The molecule has 0 aliphatic carbocycles. The van der Waals surface area contributed by atoms with Crippen molar-refractivity contribution in [3.05, 3.63) is 41.5 Å². The van der Waals surface area contributed by atoms with E-state index in [4.69, 9.17) is 6.42 Å². The number of hydrogen-bond donors (Lipinski definition) is 1. The molecule has 0 atom stereocenters. The molecule has 1 saturated heterocycles. The van der Waals surface area contributed by atoms with E-state index in [0.29, 0.717) is 6.54 Å². The van der Waals surface area contributed by atoms with Gasteiger partial charge in [-0.15, -0.1) is 6.42 Å². The van der Waals surface area contributed by atoms with Crippen LogP contribution in [0.3, 0.4) is 0 Å². The van der Waals surface area contributed by atoms with E-state index < -0.39 is 0 Å². The Hall–Kier alpha value is -2.21. The second-order valence-electron chi connectivity index (χ2n) is 5.07. The lowest BCUT2D eigenvalue weighted by atomic mass is 10.0. The van der Waals surface area contributed by atoms with Crippen molar-refractivity contribution in [2.24, 2.45) is 4.99 Å². The molecule has 21 heavy (non-hydrogen) atoms. The summed E-state index contributed by atoms with van der Waals surface area (Å²) in [5, 5.41) is 3.31. The predicted molar refractivity (Wildman–Crippen MR) is 90.0 cm³/mol. The third-order valence-corrected chi connectivity index (χ3v) is 3.53. The fraction of sp³-hybridized carbons (Fsp3) is 0.389. The zero-order chi connectivity index (χ0) is 14.9. The van der Waals surface area contributed by atoms with Crippen LogP contribution >= 0.6 is 0 Å². The largest absolute Gasteiger partial charge is 0.356 e. The zero-order valence-corrected chi connectivity index (χ0v) is 12.7. The third-order valence-electron chi connectivity index (χ3n) is 3.53. The maximum atomic E-state index is 5.30. The molecule has 1 aromatic rings. The van der Waals surface area contributed by atoms with Crippen LogP contribution in [-0.2, 0) is 0 Å². The number of nitrogens with zero attached hydrogens (tertiary/aromatic N) is 2. The van der Waals surface area contributed by atoms with Crippen molar-refractivity contribution in [2.45, 2.75) is 19.8 Å². The molecule has 0 radical (unpaired) electrons. The molecule has 1 N–H and O–H groups in total. The van der Waals surface area contributed by atoms with Gasteiger partial charge in [-0.3, -0.25) is 0 Å². The Morgan fingerprint density at radius 1 is 1.33 bits per heavy atom. The van der Waals surface area contributed by atoms with Crippen molar-refractivity contribution in [3.8, 4) is 12.3 Å². The van der Waals surface area contributed by atoms with Crippen LogP contribution in [0.15, 0.2) is 40.9 Å². The molecule has 0 saturated carbocycles. The molecule has 0 aromatic heterocycles. The maximum absolute atomic E-state index is 5.30. The lowest BCUT2D eigenvalue weighted by Crippen LogP contribution is -2.44. The van der Waals surface area contributed by atoms with E-state index in [0.717, 1.165) is 38.4 Å². The van der Waals surface area contributed by atoms with Gasteiger partial charge in [0.1, 0.15) is 6.54 Å². The van der Waals surface area contributed by atoms with E-state index in [-0.39, 0.29) is 0 Å². The Kier molecular flexibility index (Phi) is 5.90. The minimum Gasteiger partial charge on any atom is -0.356 e. The van der Waals surface area contributed by atoms with Gasteiger partial charge in [0.15, 0.2) is 5.96 Å². The monoisotopic (exact) mass is 281 g/mol. The first-order chi connectivity index (χ1) is 10.3. The Bertz CT molecular complexity index is 527. The van der Waals surface area contributed by atoms with Gasteiger partial charge in [-0.2, -0.15) is 0 Å². The fourth-order valence-corrected chi connectivity index (χ4v) is 2.48. The summed E-state index contributed by atoms with van der Waals surface area (Å²) in [6.45, 7) is 5.37. The second kappa shape index (κ2) is 8.16. The van der Waals surface area contributed by atoms with Crippen LogP contribution in [0.2, 0.25) is 0 Å². The molecule has 0 spiro atoms. The van der Waals surface area contributed by atoms with E-state index in [1.807, 2.05) is 0 Å². The predicted octanol–water partition coefficient (Wildman–Crippen LogP) is 2.76. The lowest BCUT2D eigenvalue weighted by molar-refractivity contribution is 0.376. The molecule has 3 heteroatoms. The summed E-state index contributed by atoms with van der Waals surface area (Å²) in [6.07, 6.45) is 9.76. The van der Waals surface area contributed by atoms with Crippen molar-refractivity contribution in [1.82, 2.24) is 10.2 Å². The number of rotatable bonds is 3. The van der Waals surface area contributed by atoms with Crippen molar-refractivity contribution in [2.75, 3.05) is 26.2 Å². The van der Waals surface area contributed by atoms with Gasteiger partial charge in [0, 0.05) is 19.6 Å². The van der Waals surface area contributed by atoms with Gasteiger partial charge < -0.3 is 10.2 Å². The van der Waals surface area contributed by atoms with Crippen molar-refractivity contribution in [3.63, 3.8) is 0 Å². The van der Waals surface area contributed by atoms with E-state index in [1.165, 1.54) is 11.1 Å². The first-order valence-corrected chi connectivity index (χ1v) is 7.54. The normalized spacial score (nSPS) is 15.5. The highest BCUT2D eigenvalue weighted by Gasteiger charge is 2.16. The minimum absolute atomic E-state index is 0.436. The molecule has 1 aliphatic heterocycles. The van der Waals surface area contributed by atoms with Crippen LogP contribution in [-0.4, -0.2) is 37.0 Å². The fourth-order valence-electron chi connectivity index (χ4n) is 2.48. The molecular formula is C18H23N3. The summed E-state index contributed by atoms with van der Waals surface area (Å²) < 4.78 is 0. The Balaban J connectivity index is 1.96. The van der Waals surface area contributed by atoms with Gasteiger partial charge in [0.25, 0.3) is 0 Å². The molecule has 1 fully saturated rings. The molecular weight excluding hydrogens is 258 g/mol. The number of hydrogen-bond acceptors (Lipinski definition) is 1. The number of guanidine groups is 1. The number of aliphatic imine (C=N–C) groups is 1. The number of terminal acetylenes is 1. The first kappa shape index (κ1) is 15.2. The quantitative estimate of drug-likeness (QED) is 0.524. The number of benzene rings is 1. The SMILES string of the molecule is C#CCN=C(NCC)N1CCC(=Cc2ccccc2)CC1. The van der Waals surface area contributed by atoms with Gasteiger partial charge in [0.05, 0.1) is 0 Å². The van der Waals surface area contributed by atoms with E-state index in [2.05, 4.69) is 64.5 Å². The summed E-state index contributed by atoms with van der Waals surface area (Å²) in [4.78, 5) is 6.74. The van der Waals surface area contributed by atoms with Crippen LogP contribution < -0.4 is 5.32 Å². The molecule has 2 rings (SSSR count). The summed E-state index contributed by atoms with van der Waals surface area (Å²) in [6, 6.07) is 10.5. The smallest absolute Gasteiger partial charge is 0.194 e. The van der Waals surface area contributed by atoms with Gasteiger partial charge in [-0.05, 0) is 25.3 Å². The van der Waals surface area contributed by atoms with Crippen LogP contribution in [0, 0.1) is 12.3 Å². The highest BCUT2D eigenvalue weighted by Crippen LogP contribution is 2.19. The molecule has 1 aromatic carbocycles. The average molecular weight is 281 g/mol. The van der Waals surface area contributed by atoms with Gasteiger partial charge >= 0.3 is 0 Å². The molecule has 3 nitrogen and oxygen atoms in total. The molecule has 1 aliphatic rings. The van der Waals surface area contributed by atoms with Crippen molar-refractivity contribution < 1.29 is 0 Å². The third kappa shape index (κ3) is 4.68. The number of nitrogens with one attached hydrogen (secondary N) is 1. The summed E-state index contributed by atoms with van der Waals surface area (Å²) in [5.41, 5.74) is 2.79. The lowest BCUT2D eigenvalue weighted by Gasteiger charge is -2.31. The highest BCUT2D eigenvalue weighted by atomic mass is 15.3. The first-order valence-electron chi connectivity index (χ1n) is 7.54. The van der Waals surface area contributed by atoms with Crippen molar-refractivity contribution >= 4 is 12.0 Å². The highest BCUT2D eigenvalue weighted by molar-refractivity contribution is 5.80. The average Bonchev–Trinajstić information content (AvgIpc) is 2.53. The molecule has 1 heterocycles. The van der Waals surface area contributed by atoms with Crippen molar-refractivity contribution in [1.29, 1.82) is 0 Å². The minimum atomic E-state index is 0.436. The Morgan fingerprint density at radius 3 is 2.67 bits per heavy atom. The van der Waals surface area contributed by atoms with Gasteiger partial charge in [0.2, 0.25) is 0 Å². The van der Waals surface area contributed by atoms with Crippen LogP contribution in [0.5, 0.6) is 0 Å². The Morgan fingerprint density at radius 2 is 2.05 bits per heavy atom. The second-order valence-corrected chi connectivity index (χ2v) is 5.07. The van der Waals surface area contributed by atoms with Crippen LogP contribution in [0.4, 0.5) is 0 Å². The zero-order valence-electron chi connectivity index (χ0n) is 12.7. The summed E-state index contributed by atoms with van der Waals surface area (Å²) in [7, 11) is 0. The molecule has 110 valence electrons. The number of likely N-dealkylation sites (tertiary alicyclic amines) is 1. The van der Waals surface area contributed by atoms with Gasteiger partial charge in [-0.25, -0.2) is 4.99 Å². The number of piperidine rings is 1. The Labute approximate surface area is 127 Å². The standard InChI is InChI=1S/C18H23N3/c1-3-12-20-18(19-4-2)21-13-10-17(11-14-21)15-16-8-6-5-7-9-16/h1,5-9,15H,4,10-14H2,2H3,(H,19,20). The van der Waals surface area contributed by atoms with Gasteiger partial charge in [-0.1, -0.05) is 47.9 Å². The van der Waals surface area contributed by atoms with E-state index in [1.54, 1.807) is 0 Å². The molecule has 0 bridgehead atoms.